The minimum absolute atomic E-state index is 0.267. The van der Waals surface area contributed by atoms with Crippen LogP contribution in [-0.2, 0) is 19.6 Å². The Morgan fingerprint density at radius 1 is 1.05 bits per heavy atom. The molecule has 5 heteroatoms. The third kappa shape index (κ3) is 2.78. The van der Waals surface area contributed by atoms with Crippen LogP contribution in [0, 0.1) is 11.6 Å². The van der Waals surface area contributed by atoms with Crippen LogP contribution in [-0.4, -0.2) is 16.0 Å². The lowest BCUT2D eigenvalue weighted by atomic mass is 10.1. The molecule has 3 nitrogen and oxygen atoms in total. The van der Waals surface area contributed by atoms with Gasteiger partial charge in [0.05, 0.1) is 5.56 Å². The molecule has 0 atom stereocenters. The predicted octanol–water partition coefficient (Wildman–Crippen LogP) is 3.18. The molecule has 0 spiro atoms. The summed E-state index contributed by atoms with van der Waals surface area (Å²) in [7, 11) is 0. The van der Waals surface area contributed by atoms with Gasteiger partial charge in [0.25, 0.3) is 0 Å². The molecular weight excluding hydrogens is 276 g/mol. The van der Waals surface area contributed by atoms with Gasteiger partial charge < -0.3 is 5.11 Å². The molecule has 2 aromatic carbocycles. The number of halogens is 2. The minimum Gasteiger partial charge on any atom is -0.478 e. The molecule has 0 saturated carbocycles. The molecule has 108 valence electrons. The highest BCUT2D eigenvalue weighted by Gasteiger charge is 2.20. The average Bonchev–Trinajstić information content (AvgIpc) is 2.84. The lowest BCUT2D eigenvalue weighted by Crippen LogP contribution is -2.15. The first-order chi connectivity index (χ1) is 10.0. The topological polar surface area (TPSA) is 40.5 Å². The third-order valence-electron chi connectivity index (χ3n) is 3.63. The molecule has 0 saturated heterocycles. The fourth-order valence-corrected chi connectivity index (χ4v) is 2.61. The standard InChI is InChI=1S/C16H13F2NO2/c17-14-4-1-10(5-15(14)18)7-19-8-12-3-2-11(16(20)21)6-13(12)9-19/h1-6H,7-9H2,(H,20,21). The molecule has 0 aliphatic carbocycles. The number of hydrogen-bond donors (Lipinski definition) is 1. The molecule has 1 aliphatic rings. The predicted molar refractivity (Wildman–Crippen MR) is 72.7 cm³/mol. The normalized spacial score (nSPS) is 14.2. The fraction of sp³-hybridized carbons (Fsp3) is 0.188. The van der Waals surface area contributed by atoms with E-state index >= 15 is 0 Å². The van der Waals surface area contributed by atoms with E-state index in [-0.39, 0.29) is 5.56 Å². The molecule has 1 N–H and O–H groups in total. The minimum atomic E-state index is -0.947. The van der Waals surface area contributed by atoms with Crippen molar-refractivity contribution in [2.45, 2.75) is 19.6 Å². The van der Waals surface area contributed by atoms with Crippen molar-refractivity contribution in [3.8, 4) is 0 Å². The van der Waals surface area contributed by atoms with Gasteiger partial charge in [-0.3, -0.25) is 4.90 Å². The fourth-order valence-electron chi connectivity index (χ4n) is 2.61. The van der Waals surface area contributed by atoms with Crippen LogP contribution in [0.2, 0.25) is 0 Å². The van der Waals surface area contributed by atoms with E-state index in [1.54, 1.807) is 18.2 Å². The molecule has 0 aromatic heterocycles. The number of aromatic carboxylic acids is 1. The highest BCUT2D eigenvalue weighted by molar-refractivity contribution is 5.87. The number of carbonyl (C=O) groups is 1. The van der Waals surface area contributed by atoms with Crippen LogP contribution in [0.15, 0.2) is 36.4 Å². The van der Waals surface area contributed by atoms with Gasteiger partial charge in [0.2, 0.25) is 0 Å². The Balaban J connectivity index is 1.75. The van der Waals surface area contributed by atoms with E-state index in [2.05, 4.69) is 4.90 Å². The summed E-state index contributed by atoms with van der Waals surface area (Å²) in [6, 6.07) is 8.94. The van der Waals surface area contributed by atoms with Crippen molar-refractivity contribution in [3.05, 3.63) is 70.3 Å². The maximum Gasteiger partial charge on any atom is 0.335 e. The maximum atomic E-state index is 13.2. The maximum absolute atomic E-state index is 13.2. The molecule has 0 fully saturated rings. The number of benzene rings is 2. The van der Waals surface area contributed by atoms with Gasteiger partial charge in [0.1, 0.15) is 0 Å². The van der Waals surface area contributed by atoms with Crippen LogP contribution in [0.4, 0.5) is 8.78 Å². The number of hydrogen-bond acceptors (Lipinski definition) is 2. The van der Waals surface area contributed by atoms with E-state index in [0.29, 0.717) is 25.2 Å². The second kappa shape index (κ2) is 5.26. The Bertz CT molecular complexity index is 715. The Morgan fingerprint density at radius 2 is 1.81 bits per heavy atom. The first-order valence-corrected chi connectivity index (χ1v) is 6.54. The zero-order chi connectivity index (χ0) is 15.0. The molecule has 0 amide bonds. The van der Waals surface area contributed by atoms with E-state index < -0.39 is 17.6 Å². The second-order valence-corrected chi connectivity index (χ2v) is 5.18. The van der Waals surface area contributed by atoms with Gasteiger partial charge in [-0.25, -0.2) is 13.6 Å². The molecule has 2 aromatic rings. The number of fused-ring (bicyclic) bond motifs is 1. The van der Waals surface area contributed by atoms with Crippen LogP contribution in [0.5, 0.6) is 0 Å². The lowest BCUT2D eigenvalue weighted by Gasteiger charge is -2.14. The second-order valence-electron chi connectivity index (χ2n) is 5.18. The Kier molecular flexibility index (Phi) is 3.43. The molecule has 0 radical (unpaired) electrons. The van der Waals surface area contributed by atoms with Crippen molar-refractivity contribution in [1.29, 1.82) is 0 Å². The zero-order valence-electron chi connectivity index (χ0n) is 11.1. The van der Waals surface area contributed by atoms with Gasteiger partial charge in [-0.05, 0) is 41.0 Å². The SMILES string of the molecule is O=C(O)c1ccc2c(c1)CN(Cc1ccc(F)c(F)c1)C2. The number of carboxylic acid groups (broad SMARTS) is 1. The largest absolute Gasteiger partial charge is 0.478 e. The van der Waals surface area contributed by atoms with Crippen molar-refractivity contribution in [3.63, 3.8) is 0 Å². The Labute approximate surface area is 120 Å². The molecule has 1 aliphatic heterocycles. The summed E-state index contributed by atoms with van der Waals surface area (Å²) in [5.74, 6) is -2.65. The van der Waals surface area contributed by atoms with Crippen molar-refractivity contribution in [1.82, 2.24) is 4.90 Å². The zero-order valence-corrected chi connectivity index (χ0v) is 11.1. The van der Waals surface area contributed by atoms with Crippen LogP contribution in [0.3, 0.4) is 0 Å². The summed E-state index contributed by atoms with van der Waals surface area (Å²) in [4.78, 5) is 13.0. The summed E-state index contributed by atoms with van der Waals surface area (Å²) in [5.41, 5.74) is 3.00. The van der Waals surface area contributed by atoms with Gasteiger partial charge >= 0.3 is 5.97 Å². The molecule has 0 bridgehead atoms. The van der Waals surface area contributed by atoms with E-state index in [9.17, 15) is 13.6 Å². The molecule has 21 heavy (non-hydrogen) atoms. The first-order valence-electron chi connectivity index (χ1n) is 6.54. The van der Waals surface area contributed by atoms with Gasteiger partial charge in [0.15, 0.2) is 11.6 Å². The van der Waals surface area contributed by atoms with E-state index in [4.69, 9.17) is 5.11 Å². The number of rotatable bonds is 3. The summed E-state index contributed by atoms with van der Waals surface area (Å²) in [6.07, 6.45) is 0. The van der Waals surface area contributed by atoms with E-state index in [1.807, 2.05) is 6.07 Å². The highest BCUT2D eigenvalue weighted by atomic mass is 19.2. The van der Waals surface area contributed by atoms with Crippen LogP contribution >= 0.6 is 0 Å². The van der Waals surface area contributed by atoms with Crippen molar-refractivity contribution in [2.24, 2.45) is 0 Å². The van der Waals surface area contributed by atoms with Crippen molar-refractivity contribution in [2.75, 3.05) is 0 Å². The smallest absolute Gasteiger partial charge is 0.335 e. The molecule has 1 heterocycles. The van der Waals surface area contributed by atoms with E-state index in [1.165, 1.54) is 6.07 Å². The third-order valence-corrected chi connectivity index (χ3v) is 3.63. The molecule has 3 rings (SSSR count). The first kappa shape index (κ1) is 13.7. The van der Waals surface area contributed by atoms with Gasteiger partial charge in [0, 0.05) is 19.6 Å². The van der Waals surface area contributed by atoms with Crippen molar-refractivity contribution >= 4 is 5.97 Å². The summed E-state index contributed by atoms with van der Waals surface area (Å²) >= 11 is 0. The van der Waals surface area contributed by atoms with Gasteiger partial charge in [-0.15, -0.1) is 0 Å². The Morgan fingerprint density at radius 3 is 2.52 bits per heavy atom. The number of nitrogens with zero attached hydrogens (tertiary/aromatic N) is 1. The Hall–Kier alpha value is -2.27. The molecular formula is C16H13F2NO2. The van der Waals surface area contributed by atoms with Crippen LogP contribution in [0.25, 0.3) is 0 Å². The van der Waals surface area contributed by atoms with Crippen LogP contribution in [0.1, 0.15) is 27.0 Å². The quantitative estimate of drug-likeness (QED) is 0.943. The summed E-state index contributed by atoms with van der Waals surface area (Å²) in [5, 5.41) is 8.98. The summed E-state index contributed by atoms with van der Waals surface area (Å²) in [6.45, 7) is 1.78. The van der Waals surface area contributed by atoms with Gasteiger partial charge in [-0.2, -0.15) is 0 Å². The lowest BCUT2D eigenvalue weighted by molar-refractivity contribution is 0.0696. The monoisotopic (exact) mass is 289 g/mol. The number of carboxylic acids is 1. The highest BCUT2D eigenvalue weighted by Crippen LogP contribution is 2.25. The summed E-state index contributed by atoms with van der Waals surface area (Å²) < 4.78 is 26.1. The van der Waals surface area contributed by atoms with Gasteiger partial charge in [-0.1, -0.05) is 12.1 Å². The van der Waals surface area contributed by atoms with E-state index in [0.717, 1.165) is 17.2 Å². The molecule has 0 unspecified atom stereocenters. The van der Waals surface area contributed by atoms with Crippen LogP contribution < -0.4 is 0 Å². The average molecular weight is 289 g/mol. The van der Waals surface area contributed by atoms with Crippen molar-refractivity contribution < 1.29 is 18.7 Å².